The van der Waals surface area contributed by atoms with Crippen LogP contribution in [0.3, 0.4) is 0 Å². The summed E-state index contributed by atoms with van der Waals surface area (Å²) in [4.78, 5) is 10.7. The predicted octanol–water partition coefficient (Wildman–Crippen LogP) is 3.20. The highest BCUT2D eigenvalue weighted by atomic mass is 16.1. The van der Waals surface area contributed by atoms with Gasteiger partial charge in [0.05, 0.1) is 0 Å². The molecule has 0 N–H and O–H groups in total. The van der Waals surface area contributed by atoms with Crippen molar-refractivity contribution < 1.29 is 4.79 Å². The van der Waals surface area contributed by atoms with Crippen LogP contribution in [0.5, 0.6) is 0 Å². The van der Waals surface area contributed by atoms with Crippen molar-refractivity contribution in [2.45, 2.75) is 41.0 Å². The Labute approximate surface area is 75.9 Å². The Hall–Kier alpha value is -0.590. The molecule has 0 heterocycles. The van der Waals surface area contributed by atoms with Crippen molar-refractivity contribution in [2.75, 3.05) is 0 Å². The van der Waals surface area contributed by atoms with Crippen LogP contribution in [0.15, 0.2) is 12.2 Å². The first kappa shape index (κ1) is 11.4. The summed E-state index contributed by atoms with van der Waals surface area (Å²) in [5.74, 6) is 0.809. The fourth-order valence-corrected chi connectivity index (χ4v) is 1.46. The lowest BCUT2D eigenvalue weighted by Crippen LogP contribution is -2.11. The van der Waals surface area contributed by atoms with Gasteiger partial charge in [0.15, 0.2) is 5.78 Å². The Morgan fingerprint density at radius 2 is 1.92 bits per heavy atom. The smallest absolute Gasteiger partial charge is 0.152 e. The number of hydrogen-bond acceptors (Lipinski definition) is 1. The molecule has 70 valence electrons. The van der Waals surface area contributed by atoms with Crippen LogP contribution >= 0.6 is 0 Å². The van der Waals surface area contributed by atoms with Crippen LogP contribution in [0.1, 0.15) is 41.0 Å². The topological polar surface area (TPSA) is 17.1 Å². The highest BCUT2D eigenvalue weighted by molar-refractivity contribution is 5.87. The summed E-state index contributed by atoms with van der Waals surface area (Å²) in [5.41, 5.74) is 0.153. The van der Waals surface area contributed by atoms with Crippen LogP contribution in [-0.2, 0) is 4.79 Å². The van der Waals surface area contributed by atoms with Crippen LogP contribution in [0.25, 0.3) is 0 Å². The first-order valence-corrected chi connectivity index (χ1v) is 4.53. The molecule has 0 unspecified atom stereocenters. The molecule has 0 rings (SSSR count). The minimum atomic E-state index is 0.131. The van der Waals surface area contributed by atoms with Crippen molar-refractivity contribution >= 4 is 5.78 Å². The third-order valence-electron chi connectivity index (χ3n) is 1.70. The molecule has 0 fully saturated rings. The average Bonchev–Trinajstić information content (AvgIpc) is 1.81. The van der Waals surface area contributed by atoms with E-state index in [4.69, 9.17) is 0 Å². The molecule has 0 aromatic heterocycles. The number of carbonyl (C=O) groups is 1. The van der Waals surface area contributed by atoms with Crippen LogP contribution in [0.2, 0.25) is 0 Å². The first-order chi connectivity index (χ1) is 5.33. The van der Waals surface area contributed by atoms with E-state index in [0.29, 0.717) is 5.92 Å². The van der Waals surface area contributed by atoms with E-state index in [1.165, 1.54) is 0 Å². The van der Waals surface area contributed by atoms with Crippen molar-refractivity contribution in [3.05, 3.63) is 12.2 Å². The van der Waals surface area contributed by atoms with Gasteiger partial charge in [-0.2, -0.15) is 0 Å². The molecular formula is C11H20O. The van der Waals surface area contributed by atoms with Crippen LogP contribution in [0.4, 0.5) is 0 Å². The molecule has 0 aliphatic rings. The quantitative estimate of drug-likeness (QED) is 0.589. The van der Waals surface area contributed by atoms with Crippen molar-refractivity contribution in [1.29, 1.82) is 0 Å². The summed E-state index contributed by atoms with van der Waals surface area (Å²) in [6, 6.07) is 0. The average molecular weight is 168 g/mol. The molecule has 0 atom stereocenters. The fraction of sp³-hybridized carbons (Fsp3) is 0.727. The Morgan fingerprint density at radius 3 is 2.25 bits per heavy atom. The van der Waals surface area contributed by atoms with Crippen LogP contribution in [0, 0.1) is 11.3 Å². The van der Waals surface area contributed by atoms with E-state index in [9.17, 15) is 4.79 Å². The SMILES string of the molecule is CC(=O)C=CC(C)(C)CC(C)C. The lowest BCUT2D eigenvalue weighted by molar-refractivity contribution is -0.112. The Bertz CT molecular complexity index is 175. The maximum atomic E-state index is 10.7. The third-order valence-corrected chi connectivity index (χ3v) is 1.70. The maximum Gasteiger partial charge on any atom is 0.152 e. The summed E-state index contributed by atoms with van der Waals surface area (Å²) in [7, 11) is 0. The molecule has 0 saturated heterocycles. The standard InChI is InChI=1S/C11H20O/c1-9(2)8-11(4,5)7-6-10(3)12/h6-7,9H,8H2,1-5H3. The second-order valence-electron chi connectivity index (χ2n) is 4.53. The van der Waals surface area contributed by atoms with Crippen molar-refractivity contribution in [1.82, 2.24) is 0 Å². The molecule has 0 bridgehead atoms. The van der Waals surface area contributed by atoms with E-state index in [1.54, 1.807) is 13.0 Å². The molecular weight excluding hydrogens is 148 g/mol. The van der Waals surface area contributed by atoms with Gasteiger partial charge < -0.3 is 0 Å². The molecule has 0 aliphatic carbocycles. The van der Waals surface area contributed by atoms with Crippen LogP contribution in [-0.4, -0.2) is 5.78 Å². The lowest BCUT2D eigenvalue weighted by atomic mass is 9.83. The lowest BCUT2D eigenvalue weighted by Gasteiger charge is -2.22. The number of hydrogen-bond donors (Lipinski definition) is 0. The summed E-state index contributed by atoms with van der Waals surface area (Å²) in [5, 5.41) is 0. The highest BCUT2D eigenvalue weighted by Crippen LogP contribution is 2.26. The van der Waals surface area contributed by atoms with Gasteiger partial charge in [0.25, 0.3) is 0 Å². The largest absolute Gasteiger partial charge is 0.295 e. The van der Waals surface area contributed by atoms with E-state index in [2.05, 4.69) is 27.7 Å². The molecule has 0 saturated carbocycles. The van der Waals surface area contributed by atoms with Gasteiger partial charge in [-0.1, -0.05) is 33.8 Å². The predicted molar refractivity (Wildman–Crippen MR) is 53.1 cm³/mol. The molecule has 0 aliphatic heterocycles. The molecule has 0 amide bonds. The van der Waals surface area contributed by atoms with E-state index >= 15 is 0 Å². The maximum absolute atomic E-state index is 10.7. The summed E-state index contributed by atoms with van der Waals surface area (Å²) < 4.78 is 0. The Balaban J connectivity index is 4.12. The van der Waals surface area contributed by atoms with Crippen molar-refractivity contribution in [3.63, 3.8) is 0 Å². The molecule has 0 aromatic carbocycles. The van der Waals surface area contributed by atoms with Gasteiger partial charge >= 0.3 is 0 Å². The van der Waals surface area contributed by atoms with Gasteiger partial charge in [-0.3, -0.25) is 4.79 Å². The van der Waals surface area contributed by atoms with Crippen molar-refractivity contribution in [2.24, 2.45) is 11.3 Å². The molecule has 1 heteroatoms. The second kappa shape index (κ2) is 4.44. The molecule has 12 heavy (non-hydrogen) atoms. The zero-order valence-corrected chi connectivity index (χ0v) is 8.85. The normalized spacial score (nSPS) is 12.8. The first-order valence-electron chi connectivity index (χ1n) is 4.53. The molecule has 1 nitrogen and oxygen atoms in total. The Morgan fingerprint density at radius 1 is 1.42 bits per heavy atom. The van der Waals surface area contributed by atoms with E-state index in [0.717, 1.165) is 6.42 Å². The van der Waals surface area contributed by atoms with E-state index in [-0.39, 0.29) is 11.2 Å². The minimum absolute atomic E-state index is 0.131. The highest BCUT2D eigenvalue weighted by Gasteiger charge is 2.15. The molecule has 0 radical (unpaired) electrons. The molecule has 0 aromatic rings. The number of carbonyl (C=O) groups excluding carboxylic acids is 1. The summed E-state index contributed by atoms with van der Waals surface area (Å²) in [6.07, 6.45) is 4.80. The summed E-state index contributed by atoms with van der Waals surface area (Å²) >= 11 is 0. The van der Waals surface area contributed by atoms with Gasteiger partial charge in [0.2, 0.25) is 0 Å². The number of rotatable bonds is 4. The second-order valence-corrected chi connectivity index (χ2v) is 4.53. The summed E-state index contributed by atoms with van der Waals surface area (Å²) in [6.45, 7) is 10.3. The van der Waals surface area contributed by atoms with Crippen LogP contribution < -0.4 is 0 Å². The van der Waals surface area contributed by atoms with E-state index in [1.807, 2.05) is 6.08 Å². The van der Waals surface area contributed by atoms with Crippen molar-refractivity contribution in [3.8, 4) is 0 Å². The molecule has 0 spiro atoms. The van der Waals surface area contributed by atoms with E-state index < -0.39 is 0 Å². The third kappa shape index (κ3) is 6.14. The van der Waals surface area contributed by atoms with Gasteiger partial charge in [0.1, 0.15) is 0 Å². The van der Waals surface area contributed by atoms with Gasteiger partial charge in [-0.15, -0.1) is 0 Å². The minimum Gasteiger partial charge on any atom is -0.295 e. The van der Waals surface area contributed by atoms with Gasteiger partial charge in [-0.25, -0.2) is 0 Å². The number of ketones is 1. The van der Waals surface area contributed by atoms with Gasteiger partial charge in [0, 0.05) is 0 Å². The number of allylic oxidation sites excluding steroid dienone is 2. The zero-order chi connectivity index (χ0) is 9.78. The zero-order valence-electron chi connectivity index (χ0n) is 8.85. The fourth-order valence-electron chi connectivity index (χ4n) is 1.46. The van der Waals surface area contributed by atoms with Gasteiger partial charge in [-0.05, 0) is 30.8 Å². The Kier molecular flexibility index (Phi) is 4.22. The monoisotopic (exact) mass is 168 g/mol.